The smallest absolute Gasteiger partial charge is 0.295 e. The Morgan fingerprint density at radius 1 is 1.24 bits per heavy atom. The van der Waals surface area contributed by atoms with Crippen molar-refractivity contribution >= 4 is 28.2 Å². The molecule has 0 aliphatic heterocycles. The van der Waals surface area contributed by atoms with Crippen molar-refractivity contribution in [1.29, 1.82) is 0 Å². The molecule has 3 aromatic rings. The number of halogens is 1. The number of benzene rings is 2. The van der Waals surface area contributed by atoms with Crippen LogP contribution < -0.4 is 10.1 Å². The summed E-state index contributed by atoms with van der Waals surface area (Å²) in [6, 6.07) is 9.96. The molecule has 0 atom stereocenters. The average Bonchev–Trinajstić information content (AvgIpc) is 2.61. The molecule has 1 heterocycles. The van der Waals surface area contributed by atoms with E-state index in [9.17, 15) is 19.3 Å². The predicted molar refractivity (Wildman–Crippen MR) is 86.7 cm³/mol. The van der Waals surface area contributed by atoms with Gasteiger partial charge in [0.05, 0.1) is 21.9 Å². The summed E-state index contributed by atoms with van der Waals surface area (Å²) < 4.78 is 18.5. The molecule has 0 radical (unpaired) electrons. The first-order valence-electron chi connectivity index (χ1n) is 7.11. The van der Waals surface area contributed by atoms with Gasteiger partial charge in [0, 0.05) is 0 Å². The van der Waals surface area contributed by atoms with Crippen molar-refractivity contribution in [2.24, 2.45) is 0 Å². The highest BCUT2D eigenvalue weighted by Crippen LogP contribution is 2.25. The molecule has 0 bridgehead atoms. The topological polar surface area (TPSA) is 107 Å². The molecule has 3 rings (SSSR count). The fourth-order valence-electron chi connectivity index (χ4n) is 2.18. The molecule has 9 heteroatoms. The van der Waals surface area contributed by atoms with E-state index in [-0.39, 0.29) is 11.6 Å². The van der Waals surface area contributed by atoms with Crippen LogP contribution in [0.4, 0.5) is 15.8 Å². The van der Waals surface area contributed by atoms with E-state index in [2.05, 4.69) is 15.3 Å². The van der Waals surface area contributed by atoms with Crippen LogP contribution in [0.2, 0.25) is 0 Å². The zero-order valence-electron chi connectivity index (χ0n) is 12.7. The molecule has 0 spiro atoms. The minimum atomic E-state index is -0.780. The highest BCUT2D eigenvalue weighted by Gasteiger charge is 2.17. The number of carbonyl (C=O) groups excluding carboxylic acids is 1. The van der Waals surface area contributed by atoms with Crippen molar-refractivity contribution < 1.29 is 18.8 Å². The summed E-state index contributed by atoms with van der Waals surface area (Å²) >= 11 is 0. The number of hydrogen-bond acceptors (Lipinski definition) is 6. The maximum absolute atomic E-state index is 13.1. The van der Waals surface area contributed by atoms with Gasteiger partial charge in [-0.05, 0) is 24.3 Å². The normalized spacial score (nSPS) is 10.4. The number of ether oxygens (including phenoxy) is 1. The Kier molecular flexibility index (Phi) is 4.46. The summed E-state index contributed by atoms with van der Waals surface area (Å²) in [6.07, 6.45) is 1.31. The second kappa shape index (κ2) is 6.87. The van der Waals surface area contributed by atoms with Crippen molar-refractivity contribution in [3.8, 4) is 5.88 Å². The summed E-state index contributed by atoms with van der Waals surface area (Å²) in [5.41, 5.74) is -0.00420. The number of rotatable bonds is 5. The number of nitrogens with one attached hydrogen (secondary N) is 1. The van der Waals surface area contributed by atoms with Crippen LogP contribution in [0.3, 0.4) is 0 Å². The molecule has 8 nitrogen and oxygen atoms in total. The van der Waals surface area contributed by atoms with Crippen molar-refractivity contribution in [1.82, 2.24) is 9.97 Å². The molecule has 1 amide bonds. The quantitative estimate of drug-likeness (QED) is 0.564. The predicted octanol–water partition coefficient (Wildman–Crippen LogP) is 2.69. The maximum Gasteiger partial charge on any atom is 0.295 e. The number of carbonyl (C=O) groups is 1. The molecule has 25 heavy (non-hydrogen) atoms. The molecular formula is C16H11FN4O4. The number of anilines is 1. The van der Waals surface area contributed by atoms with Gasteiger partial charge in [-0.3, -0.25) is 14.9 Å². The minimum absolute atomic E-state index is 0.118. The van der Waals surface area contributed by atoms with E-state index in [4.69, 9.17) is 4.74 Å². The van der Waals surface area contributed by atoms with Crippen LogP contribution in [-0.4, -0.2) is 27.4 Å². The molecule has 0 unspecified atom stereocenters. The lowest BCUT2D eigenvalue weighted by molar-refractivity contribution is -0.384. The van der Waals surface area contributed by atoms with Gasteiger partial charge in [0.25, 0.3) is 11.6 Å². The first-order chi connectivity index (χ1) is 12.0. The highest BCUT2D eigenvalue weighted by atomic mass is 19.1. The fourth-order valence-corrected chi connectivity index (χ4v) is 2.18. The van der Waals surface area contributed by atoms with Gasteiger partial charge in [-0.15, -0.1) is 0 Å². The second-order valence-corrected chi connectivity index (χ2v) is 4.95. The Hall–Kier alpha value is -3.62. The fraction of sp³-hybridized carbons (Fsp3) is 0.0625. The SMILES string of the molecule is O=C(COc1ncnc2ccccc12)Nc1ccc(F)cc1[N+](=O)[O-]. The van der Waals surface area contributed by atoms with Crippen LogP contribution in [0.15, 0.2) is 48.8 Å². The number of nitro benzene ring substituents is 1. The molecule has 0 aliphatic rings. The van der Waals surface area contributed by atoms with E-state index in [1.165, 1.54) is 6.33 Å². The number of nitro groups is 1. The zero-order valence-corrected chi connectivity index (χ0v) is 12.7. The third-order valence-electron chi connectivity index (χ3n) is 3.28. The lowest BCUT2D eigenvalue weighted by Crippen LogP contribution is -2.21. The van der Waals surface area contributed by atoms with E-state index in [0.29, 0.717) is 10.9 Å². The standard InChI is InChI=1S/C16H11FN4O4/c17-10-5-6-13(14(7-10)21(23)24)20-15(22)8-25-16-11-3-1-2-4-12(11)18-9-19-16/h1-7,9H,8H2,(H,20,22). The summed E-state index contributed by atoms with van der Waals surface area (Å²) in [4.78, 5) is 30.2. The van der Waals surface area contributed by atoms with Crippen LogP contribution in [-0.2, 0) is 4.79 Å². The van der Waals surface area contributed by atoms with Gasteiger partial charge < -0.3 is 10.1 Å². The molecule has 0 fully saturated rings. The Morgan fingerprint density at radius 2 is 2.04 bits per heavy atom. The lowest BCUT2D eigenvalue weighted by atomic mass is 10.2. The van der Waals surface area contributed by atoms with Crippen molar-refractivity contribution in [3.63, 3.8) is 0 Å². The number of para-hydroxylation sites is 1. The lowest BCUT2D eigenvalue weighted by Gasteiger charge is -2.08. The Labute approximate surface area is 140 Å². The molecule has 1 aromatic heterocycles. The molecule has 0 saturated heterocycles. The van der Waals surface area contributed by atoms with Gasteiger partial charge in [0.1, 0.15) is 17.8 Å². The first-order valence-corrected chi connectivity index (χ1v) is 7.11. The molecule has 0 aliphatic carbocycles. The van der Waals surface area contributed by atoms with E-state index in [1.54, 1.807) is 24.3 Å². The van der Waals surface area contributed by atoms with E-state index < -0.39 is 28.9 Å². The third-order valence-corrected chi connectivity index (χ3v) is 3.28. The number of aromatic nitrogens is 2. The summed E-state index contributed by atoms with van der Waals surface area (Å²) in [5.74, 6) is -1.19. The van der Waals surface area contributed by atoms with Crippen LogP contribution in [0.1, 0.15) is 0 Å². The van der Waals surface area contributed by atoms with Gasteiger partial charge in [-0.25, -0.2) is 14.4 Å². The van der Waals surface area contributed by atoms with Crippen molar-refractivity contribution in [3.05, 3.63) is 64.7 Å². The van der Waals surface area contributed by atoms with Gasteiger partial charge in [0.2, 0.25) is 5.88 Å². The number of amides is 1. The van der Waals surface area contributed by atoms with E-state index in [0.717, 1.165) is 18.2 Å². The molecule has 0 saturated carbocycles. The monoisotopic (exact) mass is 342 g/mol. The largest absolute Gasteiger partial charge is 0.467 e. The van der Waals surface area contributed by atoms with Gasteiger partial charge in [-0.2, -0.15) is 0 Å². The molecule has 126 valence electrons. The van der Waals surface area contributed by atoms with Crippen molar-refractivity contribution in [2.45, 2.75) is 0 Å². The number of nitrogens with zero attached hydrogens (tertiary/aromatic N) is 3. The Bertz CT molecular complexity index is 959. The van der Waals surface area contributed by atoms with Crippen LogP contribution in [0.5, 0.6) is 5.88 Å². The first kappa shape index (κ1) is 16.2. The minimum Gasteiger partial charge on any atom is -0.467 e. The van der Waals surface area contributed by atoms with Crippen LogP contribution in [0.25, 0.3) is 10.9 Å². The maximum atomic E-state index is 13.1. The number of fused-ring (bicyclic) bond motifs is 1. The summed E-state index contributed by atoms with van der Waals surface area (Å²) in [7, 11) is 0. The van der Waals surface area contributed by atoms with Gasteiger partial charge in [0.15, 0.2) is 6.61 Å². The molecule has 1 N–H and O–H groups in total. The molecule has 2 aromatic carbocycles. The Balaban J connectivity index is 1.72. The highest BCUT2D eigenvalue weighted by molar-refractivity contribution is 5.94. The number of hydrogen-bond donors (Lipinski definition) is 1. The average molecular weight is 342 g/mol. The van der Waals surface area contributed by atoms with E-state index in [1.807, 2.05) is 0 Å². The zero-order chi connectivity index (χ0) is 17.8. The van der Waals surface area contributed by atoms with Gasteiger partial charge in [-0.1, -0.05) is 12.1 Å². The summed E-state index contributed by atoms with van der Waals surface area (Å²) in [5, 5.41) is 13.9. The van der Waals surface area contributed by atoms with Gasteiger partial charge >= 0.3 is 0 Å². The van der Waals surface area contributed by atoms with Crippen molar-refractivity contribution in [2.75, 3.05) is 11.9 Å². The summed E-state index contributed by atoms with van der Waals surface area (Å²) in [6.45, 7) is -0.421. The van der Waals surface area contributed by atoms with E-state index >= 15 is 0 Å². The van der Waals surface area contributed by atoms with Crippen LogP contribution in [0, 0.1) is 15.9 Å². The van der Waals surface area contributed by atoms with Crippen LogP contribution >= 0.6 is 0 Å². The third kappa shape index (κ3) is 3.66. The second-order valence-electron chi connectivity index (χ2n) is 4.95. The Morgan fingerprint density at radius 3 is 2.84 bits per heavy atom. The molecular weight excluding hydrogens is 331 g/mol.